The van der Waals surface area contributed by atoms with E-state index in [2.05, 4.69) is 15.3 Å². The van der Waals surface area contributed by atoms with Crippen LogP contribution in [0.1, 0.15) is 23.7 Å². The number of nitrogens with one attached hydrogen (secondary N) is 1. The third-order valence-corrected chi connectivity index (χ3v) is 4.57. The molecule has 168 valence electrons. The lowest BCUT2D eigenvalue weighted by atomic mass is 10.1. The maximum Gasteiger partial charge on any atom is 0.418 e. The lowest BCUT2D eigenvalue weighted by Crippen LogP contribution is -2.17. The van der Waals surface area contributed by atoms with Crippen molar-refractivity contribution in [2.24, 2.45) is 4.99 Å². The molecule has 1 N–H and O–H groups in total. The van der Waals surface area contributed by atoms with Gasteiger partial charge in [0.05, 0.1) is 42.7 Å². The molecule has 0 saturated carbocycles. The molecule has 0 saturated heterocycles. The van der Waals surface area contributed by atoms with Gasteiger partial charge in [0.2, 0.25) is 11.0 Å². The van der Waals surface area contributed by atoms with E-state index in [0.29, 0.717) is 11.3 Å². The molecule has 2 aromatic carbocycles. The highest BCUT2D eigenvalue weighted by Crippen LogP contribution is 2.34. The zero-order valence-electron chi connectivity index (χ0n) is 17.6. The molecule has 0 radical (unpaired) electrons. The van der Waals surface area contributed by atoms with Gasteiger partial charge in [-0.25, -0.2) is 4.98 Å². The first-order valence-electron chi connectivity index (χ1n) is 9.61. The fourth-order valence-corrected chi connectivity index (χ4v) is 3.16. The lowest BCUT2D eigenvalue weighted by Gasteiger charge is -2.15. The van der Waals surface area contributed by atoms with Crippen molar-refractivity contribution in [3.05, 3.63) is 71.8 Å². The molecule has 0 spiro atoms. The van der Waals surface area contributed by atoms with Crippen molar-refractivity contribution in [3.8, 4) is 11.4 Å². The molecule has 0 bridgehead atoms. The number of halogens is 3. The molecule has 1 heterocycles. The predicted molar refractivity (Wildman–Crippen MR) is 121 cm³/mol. The van der Waals surface area contributed by atoms with E-state index in [1.165, 1.54) is 25.3 Å². The summed E-state index contributed by atoms with van der Waals surface area (Å²) in [5, 5.41) is 2.38. The maximum absolute atomic E-state index is 13.2. The first kappa shape index (κ1) is 23.3. The SMILES string of the molecule is CCOC(=NC(=S)Nc1ccccc1C(F)(F)F)c1ccc(-n2cnc(C)c2)c(OC)c1. The number of imidazole rings is 1. The smallest absolute Gasteiger partial charge is 0.418 e. The van der Waals surface area contributed by atoms with Gasteiger partial charge in [0.25, 0.3) is 0 Å². The average Bonchev–Trinajstić information content (AvgIpc) is 3.18. The van der Waals surface area contributed by atoms with Gasteiger partial charge in [0, 0.05) is 11.8 Å². The fourth-order valence-electron chi connectivity index (χ4n) is 2.97. The minimum Gasteiger partial charge on any atom is -0.495 e. The number of benzene rings is 2. The summed E-state index contributed by atoms with van der Waals surface area (Å²) in [6, 6.07) is 10.3. The Balaban J connectivity index is 1.92. The second-order valence-corrected chi connectivity index (χ2v) is 7.02. The molecule has 0 unspecified atom stereocenters. The Labute approximate surface area is 188 Å². The van der Waals surface area contributed by atoms with Gasteiger partial charge in [0.15, 0.2) is 0 Å². The number of aryl methyl sites for hydroxylation is 1. The van der Waals surface area contributed by atoms with Gasteiger partial charge in [-0.1, -0.05) is 12.1 Å². The average molecular weight is 462 g/mol. The topological polar surface area (TPSA) is 60.7 Å². The summed E-state index contributed by atoms with van der Waals surface area (Å²) in [6.45, 7) is 3.93. The Morgan fingerprint density at radius 1 is 1.22 bits per heavy atom. The number of thiocarbonyl (C=S) groups is 1. The fraction of sp³-hybridized carbons (Fsp3) is 0.227. The summed E-state index contributed by atoms with van der Waals surface area (Å²) < 4.78 is 52.7. The van der Waals surface area contributed by atoms with Gasteiger partial charge >= 0.3 is 6.18 Å². The van der Waals surface area contributed by atoms with Crippen LogP contribution in [-0.2, 0) is 10.9 Å². The summed E-state index contributed by atoms with van der Waals surface area (Å²) in [7, 11) is 1.53. The third kappa shape index (κ3) is 5.44. The number of anilines is 1. The number of methoxy groups -OCH3 is 1. The first-order valence-corrected chi connectivity index (χ1v) is 10.0. The van der Waals surface area contributed by atoms with Crippen LogP contribution in [0.2, 0.25) is 0 Å². The van der Waals surface area contributed by atoms with Crippen molar-refractivity contribution < 1.29 is 22.6 Å². The molecule has 0 aliphatic heterocycles. The molecule has 32 heavy (non-hydrogen) atoms. The number of rotatable bonds is 5. The number of aliphatic imine (C=N–C) groups is 1. The molecule has 3 rings (SSSR count). The Hall–Kier alpha value is -3.40. The summed E-state index contributed by atoms with van der Waals surface area (Å²) in [6.07, 6.45) is -1.01. The highest BCUT2D eigenvalue weighted by Gasteiger charge is 2.33. The lowest BCUT2D eigenvalue weighted by molar-refractivity contribution is -0.136. The van der Waals surface area contributed by atoms with Crippen LogP contribution in [0.3, 0.4) is 0 Å². The second-order valence-electron chi connectivity index (χ2n) is 6.63. The number of nitrogens with zero attached hydrogens (tertiary/aromatic N) is 3. The van der Waals surface area contributed by atoms with Crippen molar-refractivity contribution in [3.63, 3.8) is 0 Å². The van der Waals surface area contributed by atoms with E-state index in [1.54, 1.807) is 31.5 Å². The highest BCUT2D eigenvalue weighted by atomic mass is 32.1. The van der Waals surface area contributed by atoms with Crippen molar-refractivity contribution in [2.45, 2.75) is 20.0 Å². The number of hydrogen-bond donors (Lipinski definition) is 1. The van der Waals surface area contributed by atoms with Crippen molar-refractivity contribution in [2.75, 3.05) is 19.0 Å². The van der Waals surface area contributed by atoms with Crippen LogP contribution in [0.25, 0.3) is 5.69 Å². The molecule has 3 aromatic rings. The molecular weight excluding hydrogens is 441 g/mol. The van der Waals surface area contributed by atoms with E-state index in [9.17, 15) is 13.2 Å². The quantitative estimate of drug-likeness (QED) is 0.313. The molecular formula is C22H21F3N4O2S. The Kier molecular flexibility index (Phi) is 7.14. The minimum atomic E-state index is -4.53. The van der Waals surface area contributed by atoms with Gasteiger partial charge in [-0.05, 0) is 56.4 Å². The zero-order valence-corrected chi connectivity index (χ0v) is 18.4. The predicted octanol–water partition coefficient (Wildman–Crippen LogP) is 5.39. The van der Waals surface area contributed by atoms with Gasteiger partial charge < -0.3 is 19.4 Å². The summed E-state index contributed by atoms with van der Waals surface area (Å²) in [5.74, 6) is 0.690. The van der Waals surface area contributed by atoms with E-state index in [1.807, 2.05) is 17.7 Å². The Morgan fingerprint density at radius 2 is 1.97 bits per heavy atom. The molecule has 0 aliphatic rings. The maximum atomic E-state index is 13.2. The number of para-hydroxylation sites is 1. The van der Waals surface area contributed by atoms with Gasteiger partial charge in [-0.15, -0.1) is 0 Å². The molecule has 0 aliphatic carbocycles. The van der Waals surface area contributed by atoms with E-state index in [-0.39, 0.29) is 23.3 Å². The molecule has 0 atom stereocenters. The second kappa shape index (κ2) is 9.82. The molecule has 10 heteroatoms. The molecule has 0 fully saturated rings. The summed E-state index contributed by atoms with van der Waals surface area (Å²) in [4.78, 5) is 8.42. The van der Waals surface area contributed by atoms with Crippen molar-refractivity contribution in [1.82, 2.24) is 9.55 Å². The minimum absolute atomic E-state index is 0.154. The van der Waals surface area contributed by atoms with Crippen LogP contribution in [-0.4, -0.2) is 34.3 Å². The summed E-state index contributed by atoms with van der Waals surface area (Å²) >= 11 is 5.19. The Morgan fingerprint density at radius 3 is 2.59 bits per heavy atom. The third-order valence-electron chi connectivity index (χ3n) is 4.37. The van der Waals surface area contributed by atoms with Crippen LogP contribution < -0.4 is 10.1 Å². The summed E-state index contributed by atoms with van der Waals surface area (Å²) in [5.41, 5.74) is 1.14. The van der Waals surface area contributed by atoms with Crippen molar-refractivity contribution >= 4 is 28.9 Å². The van der Waals surface area contributed by atoms with Crippen LogP contribution in [0, 0.1) is 6.92 Å². The van der Waals surface area contributed by atoms with E-state index in [0.717, 1.165) is 17.4 Å². The molecule has 0 amide bonds. The zero-order chi connectivity index (χ0) is 23.3. The number of hydrogen-bond acceptors (Lipinski definition) is 4. The van der Waals surface area contributed by atoms with Crippen LogP contribution in [0.4, 0.5) is 18.9 Å². The normalized spacial score (nSPS) is 11.9. The Bertz CT molecular complexity index is 1140. The monoisotopic (exact) mass is 462 g/mol. The van der Waals surface area contributed by atoms with Crippen molar-refractivity contribution in [1.29, 1.82) is 0 Å². The standard InChI is InChI=1S/C22H21F3N4O2S/c1-4-31-20(28-21(32)27-17-8-6-5-7-16(17)22(23,24)25)15-9-10-18(19(11-15)30-3)29-12-14(2)26-13-29/h5-13H,4H2,1-3H3,(H,27,32). The van der Waals surface area contributed by atoms with Crippen LogP contribution in [0.5, 0.6) is 5.75 Å². The van der Waals surface area contributed by atoms with Gasteiger partial charge in [-0.3, -0.25) is 0 Å². The molecule has 6 nitrogen and oxygen atoms in total. The number of ether oxygens (including phenoxy) is 2. The largest absolute Gasteiger partial charge is 0.495 e. The van der Waals surface area contributed by atoms with Crippen LogP contribution in [0.15, 0.2) is 60.0 Å². The highest BCUT2D eigenvalue weighted by molar-refractivity contribution is 7.80. The van der Waals surface area contributed by atoms with E-state index in [4.69, 9.17) is 21.7 Å². The number of alkyl halides is 3. The van der Waals surface area contributed by atoms with E-state index >= 15 is 0 Å². The first-order chi connectivity index (χ1) is 15.2. The van der Waals surface area contributed by atoms with Gasteiger partial charge in [-0.2, -0.15) is 18.2 Å². The van der Waals surface area contributed by atoms with Crippen LogP contribution >= 0.6 is 12.2 Å². The number of aromatic nitrogens is 2. The van der Waals surface area contributed by atoms with E-state index < -0.39 is 11.7 Å². The van der Waals surface area contributed by atoms with Gasteiger partial charge in [0.1, 0.15) is 5.75 Å². The molecule has 1 aromatic heterocycles.